The number of fused-ring (bicyclic) bond motifs is 1. The number of aromatic nitrogens is 2. The van der Waals surface area contributed by atoms with E-state index in [0.717, 1.165) is 27.5 Å². The first-order chi connectivity index (χ1) is 8.16. The first-order valence-corrected chi connectivity index (χ1v) is 7.07. The molecule has 0 spiro atoms. The van der Waals surface area contributed by atoms with Crippen molar-refractivity contribution in [3.05, 3.63) is 38.4 Å². The Morgan fingerprint density at radius 2 is 2.06 bits per heavy atom. The third-order valence-electron chi connectivity index (χ3n) is 3.10. The fourth-order valence-corrected chi connectivity index (χ4v) is 3.08. The van der Waals surface area contributed by atoms with Crippen molar-refractivity contribution in [3.8, 4) is 5.69 Å². The fourth-order valence-electron chi connectivity index (χ4n) is 2.31. The quantitative estimate of drug-likeness (QED) is 0.850. The number of halogens is 2. The van der Waals surface area contributed by atoms with E-state index in [1.165, 1.54) is 17.7 Å². The Morgan fingerprint density at radius 3 is 2.88 bits per heavy atom. The summed E-state index contributed by atoms with van der Waals surface area (Å²) in [7, 11) is 0. The van der Waals surface area contributed by atoms with Gasteiger partial charge in [0.1, 0.15) is 5.82 Å². The molecular formula is C12H11Br2N3. The van der Waals surface area contributed by atoms with E-state index in [9.17, 15) is 0 Å². The maximum absolute atomic E-state index is 5.96. The average Bonchev–Trinajstić information content (AvgIpc) is 2.87. The summed E-state index contributed by atoms with van der Waals surface area (Å²) in [6.07, 6.45) is 3.27. The van der Waals surface area contributed by atoms with E-state index < -0.39 is 0 Å². The summed E-state index contributed by atoms with van der Waals surface area (Å²) < 4.78 is 4.03. The van der Waals surface area contributed by atoms with Crippen LogP contribution in [0.4, 0.5) is 5.82 Å². The van der Waals surface area contributed by atoms with Crippen LogP contribution in [0.1, 0.15) is 17.7 Å². The summed E-state index contributed by atoms with van der Waals surface area (Å²) in [6, 6.07) is 6.06. The van der Waals surface area contributed by atoms with Gasteiger partial charge >= 0.3 is 0 Å². The molecule has 0 aliphatic heterocycles. The molecule has 0 atom stereocenters. The SMILES string of the molecule is Nc1nn(-c2cc(Br)ccc2Br)c2c1CCC2. The number of benzene rings is 1. The zero-order chi connectivity index (χ0) is 12.0. The van der Waals surface area contributed by atoms with Gasteiger partial charge < -0.3 is 5.73 Å². The number of rotatable bonds is 1. The minimum Gasteiger partial charge on any atom is -0.382 e. The first-order valence-electron chi connectivity index (χ1n) is 5.48. The van der Waals surface area contributed by atoms with E-state index in [4.69, 9.17) is 5.73 Å². The van der Waals surface area contributed by atoms with Gasteiger partial charge in [-0.3, -0.25) is 0 Å². The molecule has 0 saturated carbocycles. The van der Waals surface area contributed by atoms with Gasteiger partial charge in [-0.05, 0) is 53.4 Å². The summed E-state index contributed by atoms with van der Waals surface area (Å²) in [5, 5.41) is 4.45. The lowest BCUT2D eigenvalue weighted by molar-refractivity contribution is 0.786. The van der Waals surface area contributed by atoms with Crippen LogP contribution >= 0.6 is 31.9 Å². The van der Waals surface area contributed by atoms with Crippen LogP contribution in [0.2, 0.25) is 0 Å². The number of nitrogens with two attached hydrogens (primary N) is 1. The molecule has 2 N–H and O–H groups in total. The summed E-state index contributed by atoms with van der Waals surface area (Å²) in [6.45, 7) is 0. The number of nitrogens with zero attached hydrogens (tertiary/aromatic N) is 2. The summed E-state index contributed by atoms with van der Waals surface area (Å²) >= 11 is 7.05. The van der Waals surface area contributed by atoms with Gasteiger partial charge in [0.05, 0.1) is 5.69 Å². The van der Waals surface area contributed by atoms with Gasteiger partial charge in [0.25, 0.3) is 0 Å². The standard InChI is InChI=1S/C12H11Br2N3/c13-7-4-5-9(14)11(6-7)17-10-3-1-2-8(10)12(15)16-17/h4-6H,1-3H2,(H2,15,16). The van der Waals surface area contributed by atoms with Crippen molar-refractivity contribution in [2.24, 2.45) is 0 Å². The van der Waals surface area contributed by atoms with Crippen LogP contribution < -0.4 is 5.73 Å². The molecule has 0 amide bonds. The van der Waals surface area contributed by atoms with E-state index in [1.807, 2.05) is 16.8 Å². The molecule has 2 aromatic rings. The zero-order valence-corrected chi connectivity index (χ0v) is 12.3. The van der Waals surface area contributed by atoms with E-state index in [0.29, 0.717) is 5.82 Å². The third-order valence-corrected chi connectivity index (χ3v) is 4.26. The van der Waals surface area contributed by atoms with Gasteiger partial charge in [0, 0.05) is 20.2 Å². The highest BCUT2D eigenvalue weighted by Crippen LogP contribution is 2.32. The summed E-state index contributed by atoms with van der Waals surface area (Å²) in [5.74, 6) is 0.671. The second-order valence-electron chi connectivity index (χ2n) is 4.17. The topological polar surface area (TPSA) is 43.8 Å². The maximum atomic E-state index is 5.96. The van der Waals surface area contributed by atoms with Crippen molar-refractivity contribution < 1.29 is 0 Å². The molecule has 3 rings (SSSR count). The van der Waals surface area contributed by atoms with Crippen molar-refractivity contribution >= 4 is 37.7 Å². The Balaban J connectivity index is 2.22. The van der Waals surface area contributed by atoms with Crippen LogP contribution in [0.15, 0.2) is 27.1 Å². The smallest absolute Gasteiger partial charge is 0.149 e. The zero-order valence-electron chi connectivity index (χ0n) is 9.08. The molecule has 1 aromatic heterocycles. The molecule has 0 radical (unpaired) electrons. The van der Waals surface area contributed by atoms with Gasteiger partial charge in [-0.25, -0.2) is 4.68 Å². The Bertz CT molecular complexity index is 590. The lowest BCUT2D eigenvalue weighted by Gasteiger charge is -2.08. The third kappa shape index (κ3) is 1.81. The number of nitrogen functional groups attached to an aromatic ring is 1. The van der Waals surface area contributed by atoms with Gasteiger partial charge in [0.15, 0.2) is 0 Å². The Labute approximate surface area is 116 Å². The van der Waals surface area contributed by atoms with Gasteiger partial charge in [-0.1, -0.05) is 15.9 Å². The second-order valence-corrected chi connectivity index (χ2v) is 5.94. The highest BCUT2D eigenvalue weighted by Gasteiger charge is 2.22. The molecule has 88 valence electrons. The second kappa shape index (κ2) is 4.14. The molecule has 1 aliphatic rings. The van der Waals surface area contributed by atoms with Crippen molar-refractivity contribution in [3.63, 3.8) is 0 Å². The minimum atomic E-state index is 0.671. The number of hydrogen-bond donors (Lipinski definition) is 1. The van der Waals surface area contributed by atoms with Crippen LogP contribution in [0.5, 0.6) is 0 Å². The van der Waals surface area contributed by atoms with Gasteiger partial charge in [-0.15, -0.1) is 0 Å². The molecule has 1 aliphatic carbocycles. The maximum Gasteiger partial charge on any atom is 0.149 e. The van der Waals surface area contributed by atoms with E-state index >= 15 is 0 Å². The molecule has 0 unspecified atom stereocenters. The summed E-state index contributed by atoms with van der Waals surface area (Å²) in [4.78, 5) is 0. The van der Waals surface area contributed by atoms with Crippen LogP contribution in [-0.4, -0.2) is 9.78 Å². The number of hydrogen-bond acceptors (Lipinski definition) is 2. The molecule has 0 bridgehead atoms. The largest absolute Gasteiger partial charge is 0.382 e. The van der Waals surface area contributed by atoms with Crippen molar-refractivity contribution in [2.75, 3.05) is 5.73 Å². The summed E-state index contributed by atoms with van der Waals surface area (Å²) in [5.41, 5.74) is 9.47. The van der Waals surface area contributed by atoms with Gasteiger partial charge in [-0.2, -0.15) is 5.10 Å². The minimum absolute atomic E-state index is 0.671. The van der Waals surface area contributed by atoms with Crippen molar-refractivity contribution in [1.29, 1.82) is 0 Å². The van der Waals surface area contributed by atoms with E-state index in [2.05, 4.69) is 43.0 Å². The predicted octanol–water partition coefficient (Wildman–Crippen LogP) is 3.47. The number of anilines is 1. The van der Waals surface area contributed by atoms with Crippen molar-refractivity contribution in [2.45, 2.75) is 19.3 Å². The first kappa shape index (κ1) is 11.3. The Kier molecular flexibility index (Phi) is 2.75. The van der Waals surface area contributed by atoms with E-state index in [-0.39, 0.29) is 0 Å². The molecule has 3 nitrogen and oxygen atoms in total. The normalized spacial score (nSPS) is 14.0. The van der Waals surface area contributed by atoms with Crippen LogP contribution in [0.3, 0.4) is 0 Å². The lowest BCUT2D eigenvalue weighted by atomic mass is 10.2. The monoisotopic (exact) mass is 355 g/mol. The highest BCUT2D eigenvalue weighted by molar-refractivity contribution is 9.11. The molecular weight excluding hydrogens is 346 g/mol. The molecule has 0 fully saturated rings. The highest BCUT2D eigenvalue weighted by atomic mass is 79.9. The van der Waals surface area contributed by atoms with Crippen LogP contribution in [-0.2, 0) is 12.8 Å². The molecule has 1 heterocycles. The van der Waals surface area contributed by atoms with Crippen molar-refractivity contribution in [1.82, 2.24) is 9.78 Å². The molecule has 5 heteroatoms. The Hall–Kier alpha value is -0.810. The van der Waals surface area contributed by atoms with Crippen LogP contribution in [0.25, 0.3) is 5.69 Å². The fraction of sp³-hybridized carbons (Fsp3) is 0.250. The van der Waals surface area contributed by atoms with E-state index in [1.54, 1.807) is 0 Å². The molecule has 1 aromatic carbocycles. The average molecular weight is 357 g/mol. The molecule has 0 saturated heterocycles. The van der Waals surface area contributed by atoms with Gasteiger partial charge in [0.2, 0.25) is 0 Å². The lowest BCUT2D eigenvalue weighted by Crippen LogP contribution is -2.02. The molecule has 17 heavy (non-hydrogen) atoms. The van der Waals surface area contributed by atoms with Crippen LogP contribution in [0, 0.1) is 0 Å². The predicted molar refractivity (Wildman–Crippen MR) is 75.4 cm³/mol. The Morgan fingerprint density at radius 1 is 1.24 bits per heavy atom.